The SMILES string of the molecule is Cc1cccc2c1C(C)(F)CCC2. The number of hydrogen-bond donors (Lipinski definition) is 0. The van der Waals surface area contributed by atoms with E-state index in [-0.39, 0.29) is 0 Å². The molecule has 1 unspecified atom stereocenters. The molecule has 70 valence electrons. The van der Waals surface area contributed by atoms with E-state index in [1.807, 2.05) is 19.1 Å². The van der Waals surface area contributed by atoms with E-state index in [0.29, 0.717) is 6.42 Å². The Hall–Kier alpha value is -0.850. The summed E-state index contributed by atoms with van der Waals surface area (Å²) >= 11 is 0. The van der Waals surface area contributed by atoms with Crippen LogP contribution in [-0.4, -0.2) is 0 Å². The Morgan fingerprint density at radius 3 is 2.85 bits per heavy atom. The first-order chi connectivity index (χ1) is 6.11. The Balaban J connectivity index is 2.61. The normalized spacial score (nSPS) is 27.0. The van der Waals surface area contributed by atoms with Gasteiger partial charge in [-0.1, -0.05) is 18.2 Å². The van der Waals surface area contributed by atoms with E-state index in [9.17, 15) is 4.39 Å². The van der Waals surface area contributed by atoms with Gasteiger partial charge in [-0.15, -0.1) is 0 Å². The van der Waals surface area contributed by atoms with Crippen molar-refractivity contribution in [1.82, 2.24) is 0 Å². The van der Waals surface area contributed by atoms with E-state index in [1.54, 1.807) is 6.92 Å². The second kappa shape index (κ2) is 2.83. The van der Waals surface area contributed by atoms with Gasteiger partial charge >= 0.3 is 0 Å². The molecule has 2 rings (SSSR count). The predicted molar refractivity (Wildman–Crippen MR) is 52.6 cm³/mol. The lowest BCUT2D eigenvalue weighted by Crippen LogP contribution is -2.23. The molecule has 13 heavy (non-hydrogen) atoms. The van der Waals surface area contributed by atoms with Crippen molar-refractivity contribution in [3.8, 4) is 0 Å². The number of alkyl halides is 1. The van der Waals surface area contributed by atoms with Crippen LogP contribution in [0.2, 0.25) is 0 Å². The zero-order valence-electron chi connectivity index (χ0n) is 8.23. The highest BCUT2D eigenvalue weighted by molar-refractivity contribution is 5.40. The summed E-state index contributed by atoms with van der Waals surface area (Å²) in [5, 5.41) is 0. The molecule has 0 radical (unpaired) electrons. The van der Waals surface area contributed by atoms with Gasteiger partial charge in [0.1, 0.15) is 5.67 Å². The Labute approximate surface area is 78.8 Å². The lowest BCUT2D eigenvalue weighted by atomic mass is 9.79. The average Bonchev–Trinajstić information content (AvgIpc) is 2.02. The lowest BCUT2D eigenvalue weighted by Gasteiger charge is -2.30. The Kier molecular flexibility index (Phi) is 1.90. The summed E-state index contributed by atoms with van der Waals surface area (Å²) in [7, 11) is 0. The first-order valence-corrected chi connectivity index (χ1v) is 4.89. The summed E-state index contributed by atoms with van der Waals surface area (Å²) in [5.74, 6) is 0. The molecule has 0 N–H and O–H groups in total. The molecule has 0 fully saturated rings. The molecule has 1 aromatic rings. The quantitative estimate of drug-likeness (QED) is 0.570. The Morgan fingerprint density at radius 2 is 2.15 bits per heavy atom. The van der Waals surface area contributed by atoms with Crippen LogP contribution in [0.3, 0.4) is 0 Å². The van der Waals surface area contributed by atoms with Crippen molar-refractivity contribution in [1.29, 1.82) is 0 Å². The second-order valence-corrected chi connectivity index (χ2v) is 4.16. The number of rotatable bonds is 0. The highest BCUT2D eigenvalue weighted by atomic mass is 19.1. The molecular weight excluding hydrogens is 163 g/mol. The zero-order chi connectivity index (χ0) is 9.47. The fourth-order valence-corrected chi connectivity index (χ4v) is 2.42. The maximum absolute atomic E-state index is 14.1. The van der Waals surface area contributed by atoms with Crippen LogP contribution in [0.4, 0.5) is 4.39 Å². The molecule has 1 atom stereocenters. The van der Waals surface area contributed by atoms with Crippen LogP contribution in [0.25, 0.3) is 0 Å². The lowest BCUT2D eigenvalue weighted by molar-refractivity contribution is 0.161. The smallest absolute Gasteiger partial charge is 0.133 e. The van der Waals surface area contributed by atoms with Crippen molar-refractivity contribution in [3.63, 3.8) is 0 Å². The van der Waals surface area contributed by atoms with Gasteiger partial charge in [0.15, 0.2) is 0 Å². The third kappa shape index (κ3) is 1.37. The highest BCUT2D eigenvalue weighted by Gasteiger charge is 2.32. The molecule has 0 nitrogen and oxygen atoms in total. The van der Waals surface area contributed by atoms with Gasteiger partial charge in [0.05, 0.1) is 0 Å². The van der Waals surface area contributed by atoms with Crippen LogP contribution in [0, 0.1) is 6.92 Å². The van der Waals surface area contributed by atoms with Crippen LogP contribution in [0.1, 0.15) is 36.5 Å². The van der Waals surface area contributed by atoms with Crippen LogP contribution >= 0.6 is 0 Å². The molecule has 0 heterocycles. The fraction of sp³-hybridized carbons (Fsp3) is 0.500. The van der Waals surface area contributed by atoms with Gasteiger partial charge in [0.2, 0.25) is 0 Å². The molecule has 1 aliphatic rings. The molecule has 1 aromatic carbocycles. The van der Waals surface area contributed by atoms with E-state index in [2.05, 4.69) is 6.07 Å². The summed E-state index contributed by atoms with van der Waals surface area (Å²) in [5.41, 5.74) is 2.15. The molecule has 0 aromatic heterocycles. The Morgan fingerprint density at radius 1 is 1.38 bits per heavy atom. The number of benzene rings is 1. The second-order valence-electron chi connectivity index (χ2n) is 4.16. The molecule has 0 aliphatic heterocycles. The van der Waals surface area contributed by atoms with Crippen LogP contribution in [-0.2, 0) is 12.1 Å². The van der Waals surface area contributed by atoms with Gasteiger partial charge in [-0.05, 0) is 49.8 Å². The summed E-state index contributed by atoms with van der Waals surface area (Å²) in [6.07, 6.45) is 2.69. The van der Waals surface area contributed by atoms with E-state index in [4.69, 9.17) is 0 Å². The predicted octanol–water partition coefficient (Wildman–Crippen LogP) is 3.52. The minimum Gasteiger partial charge on any atom is -0.239 e. The van der Waals surface area contributed by atoms with Gasteiger partial charge in [-0.2, -0.15) is 0 Å². The van der Waals surface area contributed by atoms with Crippen molar-refractivity contribution in [3.05, 3.63) is 34.9 Å². The van der Waals surface area contributed by atoms with Crippen molar-refractivity contribution >= 4 is 0 Å². The highest BCUT2D eigenvalue weighted by Crippen LogP contribution is 2.39. The van der Waals surface area contributed by atoms with E-state index >= 15 is 0 Å². The minimum atomic E-state index is -1.10. The molecule has 0 spiro atoms. The standard InChI is InChI=1S/C12H15F/c1-9-5-3-6-10-7-4-8-12(2,13)11(9)10/h3,5-6H,4,7-8H2,1-2H3. The van der Waals surface area contributed by atoms with Crippen molar-refractivity contribution < 1.29 is 4.39 Å². The monoisotopic (exact) mass is 178 g/mol. The van der Waals surface area contributed by atoms with Crippen molar-refractivity contribution in [2.45, 2.75) is 38.8 Å². The van der Waals surface area contributed by atoms with Gasteiger partial charge in [-0.3, -0.25) is 0 Å². The molecule has 0 amide bonds. The van der Waals surface area contributed by atoms with Crippen LogP contribution in [0.15, 0.2) is 18.2 Å². The Bertz CT molecular complexity index is 326. The third-order valence-electron chi connectivity index (χ3n) is 2.97. The molecule has 0 bridgehead atoms. The first kappa shape index (κ1) is 8.74. The topological polar surface area (TPSA) is 0 Å². The number of halogens is 1. The van der Waals surface area contributed by atoms with Crippen molar-refractivity contribution in [2.24, 2.45) is 0 Å². The third-order valence-corrected chi connectivity index (χ3v) is 2.97. The molecule has 0 saturated carbocycles. The van der Waals surface area contributed by atoms with Gasteiger partial charge in [0.25, 0.3) is 0 Å². The van der Waals surface area contributed by atoms with Gasteiger partial charge < -0.3 is 0 Å². The largest absolute Gasteiger partial charge is 0.239 e. The molecular formula is C12H15F. The summed E-state index contributed by atoms with van der Waals surface area (Å²) < 4.78 is 14.1. The molecule has 0 saturated heterocycles. The van der Waals surface area contributed by atoms with Gasteiger partial charge in [-0.25, -0.2) is 4.39 Å². The minimum absolute atomic E-state index is 0.671. The molecule has 1 aliphatic carbocycles. The zero-order valence-corrected chi connectivity index (χ0v) is 8.23. The fourth-order valence-electron chi connectivity index (χ4n) is 2.42. The first-order valence-electron chi connectivity index (χ1n) is 4.89. The average molecular weight is 178 g/mol. The maximum Gasteiger partial charge on any atom is 0.133 e. The summed E-state index contributed by atoms with van der Waals surface area (Å²) in [6.45, 7) is 3.71. The van der Waals surface area contributed by atoms with Gasteiger partial charge in [0, 0.05) is 0 Å². The maximum atomic E-state index is 14.1. The van der Waals surface area contributed by atoms with E-state index < -0.39 is 5.67 Å². The number of aryl methyl sites for hydroxylation is 2. The van der Waals surface area contributed by atoms with E-state index in [1.165, 1.54) is 5.56 Å². The summed E-state index contributed by atoms with van der Waals surface area (Å²) in [6, 6.07) is 6.08. The van der Waals surface area contributed by atoms with Crippen LogP contribution < -0.4 is 0 Å². The van der Waals surface area contributed by atoms with E-state index in [0.717, 1.165) is 24.0 Å². The summed E-state index contributed by atoms with van der Waals surface area (Å²) in [4.78, 5) is 0. The van der Waals surface area contributed by atoms with Crippen molar-refractivity contribution in [2.75, 3.05) is 0 Å². The molecule has 1 heteroatoms. The van der Waals surface area contributed by atoms with Crippen LogP contribution in [0.5, 0.6) is 0 Å². The number of fused-ring (bicyclic) bond motifs is 1. The number of hydrogen-bond acceptors (Lipinski definition) is 0.